The van der Waals surface area contributed by atoms with Crippen LogP contribution in [0.4, 0.5) is 5.69 Å². The average molecular weight is 219 g/mol. The first kappa shape index (κ1) is 10.3. The smallest absolute Gasteiger partial charge is 0.295 e. The molecule has 0 saturated carbocycles. The van der Waals surface area contributed by atoms with Crippen LogP contribution in [0.5, 0.6) is 0 Å². The van der Waals surface area contributed by atoms with E-state index in [1.165, 1.54) is 0 Å². The fourth-order valence-corrected chi connectivity index (χ4v) is 1.59. The molecule has 16 heavy (non-hydrogen) atoms. The highest BCUT2D eigenvalue weighted by Crippen LogP contribution is 2.27. The summed E-state index contributed by atoms with van der Waals surface area (Å²) in [6, 6.07) is 6.52. The molecule has 3 N–H and O–H groups in total. The number of benzene rings is 1. The van der Waals surface area contributed by atoms with Crippen molar-refractivity contribution in [3.63, 3.8) is 0 Å². The number of hydrogen-bond acceptors (Lipinski definition) is 4. The summed E-state index contributed by atoms with van der Waals surface area (Å²) in [5, 5.41) is 0. The van der Waals surface area contributed by atoms with Crippen molar-refractivity contribution in [2.24, 2.45) is 5.84 Å². The normalized spacial score (nSPS) is 13.9. The number of carbonyl (C=O) groups excluding carboxylic acids is 3. The number of hydrogen-bond donors (Lipinski definition) is 2. The maximum Gasteiger partial charge on any atom is 0.299 e. The van der Waals surface area contributed by atoms with Crippen molar-refractivity contribution >= 4 is 23.3 Å². The summed E-state index contributed by atoms with van der Waals surface area (Å²) in [6.45, 7) is -0.252. The summed E-state index contributed by atoms with van der Waals surface area (Å²) in [6.07, 6.45) is 0. The third-order valence-electron chi connectivity index (χ3n) is 2.34. The molecule has 6 nitrogen and oxygen atoms in total. The molecule has 1 aromatic rings. The van der Waals surface area contributed by atoms with Crippen LogP contribution in [0.25, 0.3) is 0 Å². The molecule has 0 aliphatic carbocycles. The van der Waals surface area contributed by atoms with Crippen LogP contribution in [0.15, 0.2) is 24.3 Å². The number of rotatable bonds is 2. The molecule has 2 rings (SSSR count). The Labute approximate surface area is 91.0 Å². The third kappa shape index (κ3) is 1.45. The van der Waals surface area contributed by atoms with Gasteiger partial charge in [0, 0.05) is 0 Å². The van der Waals surface area contributed by atoms with Gasteiger partial charge in [0.1, 0.15) is 6.54 Å². The molecule has 1 aromatic carbocycles. The molecule has 0 atom stereocenters. The zero-order valence-electron chi connectivity index (χ0n) is 8.27. The van der Waals surface area contributed by atoms with Gasteiger partial charge in [-0.15, -0.1) is 0 Å². The Morgan fingerprint density at radius 2 is 2.00 bits per heavy atom. The second-order valence-electron chi connectivity index (χ2n) is 3.31. The molecular weight excluding hydrogens is 210 g/mol. The van der Waals surface area contributed by atoms with E-state index < -0.39 is 17.6 Å². The van der Waals surface area contributed by atoms with Crippen LogP contribution in [0.1, 0.15) is 10.4 Å². The lowest BCUT2D eigenvalue weighted by molar-refractivity contribution is -0.122. The van der Waals surface area contributed by atoms with E-state index in [-0.39, 0.29) is 6.54 Å². The van der Waals surface area contributed by atoms with E-state index in [1.54, 1.807) is 24.3 Å². The number of amides is 2. The lowest BCUT2D eigenvalue weighted by atomic mass is 10.1. The van der Waals surface area contributed by atoms with Crippen molar-refractivity contribution in [2.75, 3.05) is 11.4 Å². The molecule has 0 radical (unpaired) electrons. The second kappa shape index (κ2) is 3.74. The molecule has 1 heterocycles. The zero-order chi connectivity index (χ0) is 11.7. The molecule has 0 fully saturated rings. The summed E-state index contributed by atoms with van der Waals surface area (Å²) in [5.74, 6) is 3.10. The van der Waals surface area contributed by atoms with Gasteiger partial charge >= 0.3 is 0 Å². The SMILES string of the molecule is NNC(=O)CN1C(=O)C(=O)c2ccccc21. The van der Waals surface area contributed by atoms with Crippen molar-refractivity contribution in [3.05, 3.63) is 29.8 Å². The summed E-state index contributed by atoms with van der Waals surface area (Å²) >= 11 is 0. The molecule has 0 saturated heterocycles. The number of nitrogens with zero attached hydrogens (tertiary/aromatic N) is 1. The van der Waals surface area contributed by atoms with E-state index in [0.29, 0.717) is 11.3 Å². The largest absolute Gasteiger partial charge is 0.299 e. The highest BCUT2D eigenvalue weighted by molar-refractivity contribution is 6.52. The molecule has 0 spiro atoms. The highest BCUT2D eigenvalue weighted by atomic mass is 16.2. The zero-order valence-corrected chi connectivity index (χ0v) is 8.27. The predicted molar refractivity (Wildman–Crippen MR) is 55.5 cm³/mol. The van der Waals surface area contributed by atoms with Gasteiger partial charge in [-0.1, -0.05) is 12.1 Å². The van der Waals surface area contributed by atoms with Crippen LogP contribution in [0.3, 0.4) is 0 Å². The number of Topliss-reactive ketones (excluding diaryl/α,β-unsaturated/α-hetero) is 1. The van der Waals surface area contributed by atoms with E-state index in [2.05, 4.69) is 0 Å². The number of ketones is 1. The molecule has 82 valence electrons. The van der Waals surface area contributed by atoms with E-state index in [4.69, 9.17) is 5.84 Å². The Hall–Kier alpha value is -2.21. The maximum absolute atomic E-state index is 11.6. The number of nitrogens with one attached hydrogen (secondary N) is 1. The average Bonchev–Trinajstić information content (AvgIpc) is 2.55. The third-order valence-corrected chi connectivity index (χ3v) is 2.34. The summed E-state index contributed by atoms with van der Waals surface area (Å²) in [5.41, 5.74) is 2.68. The number of fused-ring (bicyclic) bond motifs is 1. The minimum absolute atomic E-state index is 0.252. The first-order chi connectivity index (χ1) is 7.65. The summed E-state index contributed by atoms with van der Waals surface area (Å²) < 4.78 is 0. The number of carbonyl (C=O) groups is 3. The van der Waals surface area contributed by atoms with E-state index in [0.717, 1.165) is 4.90 Å². The first-order valence-electron chi connectivity index (χ1n) is 4.60. The number of hydrazine groups is 1. The summed E-state index contributed by atoms with van der Waals surface area (Å²) in [7, 11) is 0. The van der Waals surface area contributed by atoms with Crippen molar-refractivity contribution in [1.82, 2.24) is 5.43 Å². The topological polar surface area (TPSA) is 92.5 Å². The molecule has 0 aromatic heterocycles. The monoisotopic (exact) mass is 219 g/mol. The second-order valence-corrected chi connectivity index (χ2v) is 3.31. The van der Waals surface area contributed by atoms with Crippen LogP contribution >= 0.6 is 0 Å². The fraction of sp³-hybridized carbons (Fsp3) is 0.100. The molecule has 1 aliphatic heterocycles. The van der Waals surface area contributed by atoms with Crippen molar-refractivity contribution in [1.29, 1.82) is 0 Å². The Morgan fingerprint density at radius 1 is 1.31 bits per heavy atom. The van der Waals surface area contributed by atoms with Gasteiger partial charge in [-0.3, -0.25) is 24.7 Å². The maximum atomic E-state index is 11.6. The van der Waals surface area contributed by atoms with Crippen LogP contribution in [0, 0.1) is 0 Å². The Morgan fingerprint density at radius 3 is 2.69 bits per heavy atom. The van der Waals surface area contributed by atoms with Gasteiger partial charge in [-0.25, -0.2) is 5.84 Å². The van der Waals surface area contributed by atoms with Crippen LogP contribution in [0.2, 0.25) is 0 Å². The fourth-order valence-electron chi connectivity index (χ4n) is 1.59. The van der Waals surface area contributed by atoms with E-state index in [9.17, 15) is 14.4 Å². The van der Waals surface area contributed by atoms with E-state index >= 15 is 0 Å². The highest BCUT2D eigenvalue weighted by Gasteiger charge is 2.36. The van der Waals surface area contributed by atoms with Gasteiger partial charge in [0.25, 0.3) is 17.6 Å². The van der Waals surface area contributed by atoms with Gasteiger partial charge in [0.2, 0.25) is 0 Å². The van der Waals surface area contributed by atoms with Gasteiger partial charge in [-0.05, 0) is 12.1 Å². The molecule has 1 aliphatic rings. The molecule has 0 bridgehead atoms. The van der Waals surface area contributed by atoms with Crippen molar-refractivity contribution in [2.45, 2.75) is 0 Å². The van der Waals surface area contributed by atoms with Gasteiger partial charge in [0.05, 0.1) is 11.3 Å². The molecule has 6 heteroatoms. The van der Waals surface area contributed by atoms with Crippen molar-refractivity contribution < 1.29 is 14.4 Å². The van der Waals surface area contributed by atoms with Gasteiger partial charge < -0.3 is 0 Å². The lowest BCUT2D eigenvalue weighted by Crippen LogP contribution is -2.42. The number of para-hydroxylation sites is 1. The van der Waals surface area contributed by atoms with E-state index in [1.807, 2.05) is 5.43 Å². The molecule has 2 amide bonds. The first-order valence-corrected chi connectivity index (χ1v) is 4.60. The number of anilines is 1. The van der Waals surface area contributed by atoms with Gasteiger partial charge in [0.15, 0.2) is 0 Å². The number of nitrogens with two attached hydrogens (primary N) is 1. The minimum Gasteiger partial charge on any atom is -0.295 e. The van der Waals surface area contributed by atoms with Crippen LogP contribution in [-0.4, -0.2) is 24.1 Å². The standard InChI is InChI=1S/C10H9N3O3/c11-12-8(14)5-13-7-4-2-1-3-6(7)9(15)10(13)16/h1-4H,5,11H2,(H,12,14). The summed E-state index contributed by atoms with van der Waals surface area (Å²) in [4.78, 5) is 35.3. The van der Waals surface area contributed by atoms with Gasteiger partial charge in [-0.2, -0.15) is 0 Å². The molecular formula is C10H9N3O3. The Bertz CT molecular complexity index is 484. The van der Waals surface area contributed by atoms with Crippen LogP contribution < -0.4 is 16.2 Å². The quantitative estimate of drug-likeness (QED) is 0.295. The Kier molecular flexibility index (Phi) is 2.41. The molecule has 0 unspecified atom stereocenters. The Balaban J connectivity index is 2.37. The van der Waals surface area contributed by atoms with Crippen LogP contribution in [-0.2, 0) is 9.59 Å². The lowest BCUT2D eigenvalue weighted by Gasteiger charge is -2.14. The predicted octanol–water partition coefficient (Wildman–Crippen LogP) is -0.794. The van der Waals surface area contributed by atoms with Crippen molar-refractivity contribution in [3.8, 4) is 0 Å². The minimum atomic E-state index is -0.704.